The Morgan fingerprint density at radius 2 is 1.81 bits per heavy atom. The van der Waals surface area contributed by atoms with E-state index in [9.17, 15) is 4.79 Å². The van der Waals surface area contributed by atoms with E-state index in [1.54, 1.807) is 24.8 Å². The predicted octanol–water partition coefficient (Wildman–Crippen LogP) is 6.11. The Morgan fingerprint density at radius 1 is 1.26 bits per heavy atom. The van der Waals surface area contributed by atoms with Crippen molar-refractivity contribution in [2.24, 2.45) is 5.92 Å². The van der Waals surface area contributed by atoms with Crippen molar-refractivity contribution in [3.05, 3.63) is 23.3 Å². The lowest BCUT2D eigenvalue weighted by Gasteiger charge is -2.42. The maximum absolute atomic E-state index is 11.1. The molecular formula is C21H40O4SSi. The molecule has 0 aliphatic heterocycles. The van der Waals surface area contributed by atoms with Gasteiger partial charge in [0.25, 0.3) is 0 Å². The second kappa shape index (κ2) is 11.4. The monoisotopic (exact) mass is 416 g/mol. The molecule has 0 aromatic heterocycles. The zero-order valence-electron chi connectivity index (χ0n) is 18.9. The number of ether oxygens (including phenoxy) is 1. The fraction of sp³-hybridized carbons (Fsp3) is 0.762. The van der Waals surface area contributed by atoms with Crippen LogP contribution in [0.25, 0.3) is 0 Å². The maximum atomic E-state index is 11.1. The minimum Gasteiger partial charge on any atom is -0.478 e. The molecule has 0 aromatic rings. The molecule has 0 heterocycles. The van der Waals surface area contributed by atoms with Gasteiger partial charge in [-0.05, 0) is 57.2 Å². The molecule has 0 bridgehead atoms. The van der Waals surface area contributed by atoms with Gasteiger partial charge >= 0.3 is 5.97 Å². The van der Waals surface area contributed by atoms with Gasteiger partial charge in [-0.3, -0.25) is 0 Å². The van der Waals surface area contributed by atoms with E-state index in [0.717, 1.165) is 0 Å². The maximum Gasteiger partial charge on any atom is 0.330 e. The number of allylic oxidation sites excluding steroid dienone is 1. The lowest BCUT2D eigenvalue weighted by atomic mass is 9.90. The van der Waals surface area contributed by atoms with Crippen LogP contribution in [-0.4, -0.2) is 43.8 Å². The van der Waals surface area contributed by atoms with E-state index in [4.69, 9.17) is 14.3 Å². The van der Waals surface area contributed by atoms with Gasteiger partial charge in [-0.15, -0.1) is 11.8 Å². The van der Waals surface area contributed by atoms with Crippen LogP contribution in [0, 0.1) is 5.92 Å². The van der Waals surface area contributed by atoms with Gasteiger partial charge in [0, 0.05) is 11.5 Å². The molecule has 0 fully saturated rings. The van der Waals surface area contributed by atoms with E-state index in [0.29, 0.717) is 17.9 Å². The van der Waals surface area contributed by atoms with Gasteiger partial charge in [-0.1, -0.05) is 39.8 Å². The molecule has 0 rings (SSSR count). The number of aliphatic carboxylic acids is 1. The summed E-state index contributed by atoms with van der Waals surface area (Å²) in [6, 6.07) is 0. The highest BCUT2D eigenvalue weighted by atomic mass is 32.2. The molecule has 3 atom stereocenters. The van der Waals surface area contributed by atoms with Crippen molar-refractivity contribution in [3.8, 4) is 0 Å². The second-order valence-corrected chi connectivity index (χ2v) is 14.3. The zero-order valence-corrected chi connectivity index (χ0v) is 20.7. The first-order valence-electron chi connectivity index (χ1n) is 9.59. The van der Waals surface area contributed by atoms with E-state index in [1.807, 2.05) is 13.2 Å². The molecule has 0 saturated heterocycles. The SMILES string of the molecule is C/C=C(\C)C(O[Si](C)(C)C(C)(C)C)[C@@H](C)[C@H](C/C=C(\C)C(=O)O)OCSC. The van der Waals surface area contributed by atoms with Crippen LogP contribution in [0.5, 0.6) is 0 Å². The second-order valence-electron chi connectivity index (χ2n) is 8.73. The fourth-order valence-corrected chi connectivity index (χ4v) is 4.14. The van der Waals surface area contributed by atoms with Crippen LogP contribution < -0.4 is 0 Å². The van der Waals surface area contributed by atoms with Crippen LogP contribution in [-0.2, 0) is 14.0 Å². The Morgan fingerprint density at radius 3 is 2.22 bits per heavy atom. The third-order valence-electron chi connectivity index (χ3n) is 5.59. The lowest BCUT2D eigenvalue weighted by molar-refractivity contribution is -0.132. The lowest BCUT2D eigenvalue weighted by Crippen LogP contribution is -2.47. The third kappa shape index (κ3) is 8.54. The Bertz CT molecular complexity index is 535. The number of thioether (sulfide) groups is 1. The molecule has 0 spiro atoms. The van der Waals surface area contributed by atoms with Crippen molar-refractivity contribution < 1.29 is 19.1 Å². The highest BCUT2D eigenvalue weighted by Crippen LogP contribution is 2.39. The smallest absolute Gasteiger partial charge is 0.330 e. The molecule has 0 saturated carbocycles. The molecule has 158 valence electrons. The third-order valence-corrected chi connectivity index (χ3v) is 10.4. The Kier molecular flexibility index (Phi) is 11.2. The summed E-state index contributed by atoms with van der Waals surface area (Å²) < 4.78 is 12.9. The number of hydrogen-bond acceptors (Lipinski definition) is 4. The molecule has 6 heteroatoms. The summed E-state index contributed by atoms with van der Waals surface area (Å²) in [7, 11) is -1.96. The average Bonchev–Trinajstić information content (AvgIpc) is 2.57. The van der Waals surface area contributed by atoms with E-state index in [2.05, 4.69) is 53.8 Å². The summed E-state index contributed by atoms with van der Waals surface area (Å²) in [4.78, 5) is 11.1. The highest BCUT2D eigenvalue weighted by Gasteiger charge is 2.41. The van der Waals surface area contributed by atoms with Gasteiger partial charge in [0.1, 0.15) is 0 Å². The van der Waals surface area contributed by atoms with E-state index in [-0.39, 0.29) is 23.2 Å². The molecule has 0 aliphatic rings. The normalized spacial score (nSPS) is 17.6. The van der Waals surface area contributed by atoms with Crippen molar-refractivity contribution in [1.82, 2.24) is 0 Å². The first-order valence-corrected chi connectivity index (χ1v) is 13.9. The Hall–Kier alpha value is -0.563. The summed E-state index contributed by atoms with van der Waals surface area (Å²) in [5.74, 6) is -0.193. The first kappa shape index (κ1) is 26.4. The molecule has 1 unspecified atom stereocenters. The molecule has 27 heavy (non-hydrogen) atoms. The van der Waals surface area contributed by atoms with Crippen molar-refractivity contribution in [1.29, 1.82) is 0 Å². The summed E-state index contributed by atoms with van der Waals surface area (Å²) in [5.41, 5.74) is 1.55. The molecule has 0 aliphatic carbocycles. The van der Waals surface area contributed by atoms with Crippen LogP contribution in [0.2, 0.25) is 18.1 Å². The van der Waals surface area contributed by atoms with E-state index < -0.39 is 14.3 Å². The van der Waals surface area contributed by atoms with Gasteiger partial charge < -0.3 is 14.3 Å². The predicted molar refractivity (Wildman–Crippen MR) is 120 cm³/mol. The Balaban J connectivity index is 5.68. The molecule has 0 radical (unpaired) electrons. The summed E-state index contributed by atoms with van der Waals surface area (Å²) in [5, 5.41) is 9.27. The van der Waals surface area contributed by atoms with Crippen LogP contribution in [0.1, 0.15) is 54.9 Å². The van der Waals surface area contributed by atoms with Crippen LogP contribution >= 0.6 is 11.8 Å². The van der Waals surface area contributed by atoms with Gasteiger partial charge in [-0.25, -0.2) is 4.79 Å². The number of hydrogen-bond donors (Lipinski definition) is 1. The summed E-state index contributed by atoms with van der Waals surface area (Å²) >= 11 is 1.63. The average molecular weight is 417 g/mol. The minimum atomic E-state index is -1.96. The van der Waals surface area contributed by atoms with Gasteiger partial charge in [0.05, 0.1) is 18.1 Å². The zero-order chi connectivity index (χ0) is 21.4. The fourth-order valence-electron chi connectivity index (χ4n) is 2.44. The molecule has 0 aromatic carbocycles. The summed E-state index contributed by atoms with van der Waals surface area (Å²) in [6.07, 6.45) is 6.30. The summed E-state index contributed by atoms with van der Waals surface area (Å²) in [6.45, 7) is 19.2. The molecular weight excluding hydrogens is 376 g/mol. The van der Waals surface area contributed by atoms with Gasteiger partial charge in [-0.2, -0.15) is 0 Å². The molecule has 4 nitrogen and oxygen atoms in total. The van der Waals surface area contributed by atoms with Crippen LogP contribution in [0.3, 0.4) is 0 Å². The topological polar surface area (TPSA) is 55.8 Å². The molecule has 0 amide bonds. The van der Waals surface area contributed by atoms with Crippen molar-refractivity contribution in [3.63, 3.8) is 0 Å². The molecule has 1 N–H and O–H groups in total. The van der Waals surface area contributed by atoms with Gasteiger partial charge in [0.2, 0.25) is 0 Å². The minimum absolute atomic E-state index is 0.0405. The number of carbonyl (C=O) groups is 1. The van der Waals surface area contributed by atoms with Crippen molar-refractivity contribution in [2.75, 3.05) is 12.2 Å². The van der Waals surface area contributed by atoms with Crippen LogP contribution in [0.4, 0.5) is 0 Å². The standard InChI is InChI=1S/C21H40O4SSi/c1-11-15(2)19(25-27(9,10)21(5,6)7)17(4)18(24-14-26-8)13-12-16(3)20(22)23/h11-12,17-19H,13-14H2,1-10H3,(H,22,23)/b15-11+,16-12+/t17-,18-,19?/m0/s1. The van der Waals surface area contributed by atoms with E-state index >= 15 is 0 Å². The number of carboxylic acids is 1. The van der Waals surface area contributed by atoms with Crippen molar-refractivity contribution >= 4 is 26.0 Å². The van der Waals surface area contributed by atoms with Crippen molar-refractivity contribution in [2.45, 2.75) is 85.2 Å². The quantitative estimate of drug-likeness (QED) is 0.191. The number of rotatable bonds is 11. The van der Waals surface area contributed by atoms with Crippen LogP contribution in [0.15, 0.2) is 23.3 Å². The highest BCUT2D eigenvalue weighted by molar-refractivity contribution is 7.98. The van der Waals surface area contributed by atoms with Gasteiger partial charge in [0.15, 0.2) is 8.32 Å². The number of carboxylic acid groups (broad SMARTS) is 1. The van der Waals surface area contributed by atoms with E-state index in [1.165, 1.54) is 5.57 Å². The Labute approximate surface area is 171 Å². The largest absolute Gasteiger partial charge is 0.478 e. The first-order chi connectivity index (χ1) is 12.3.